The molecule has 1 N–H and O–H groups in total. The van der Waals surface area contributed by atoms with E-state index in [0.717, 1.165) is 15.3 Å². The topological polar surface area (TPSA) is 95.3 Å². The number of amides is 1. The fraction of sp³-hybridized carbons (Fsp3) is 0.182. The van der Waals surface area contributed by atoms with Gasteiger partial charge in [0.25, 0.3) is 5.56 Å². The number of ether oxygens (including phenoxy) is 2. The minimum absolute atomic E-state index is 0.242. The minimum atomic E-state index is -0.407. The van der Waals surface area contributed by atoms with Crippen LogP contribution in [0.3, 0.4) is 0 Å². The molecule has 0 saturated carbocycles. The van der Waals surface area contributed by atoms with Gasteiger partial charge in [0.2, 0.25) is 5.91 Å². The van der Waals surface area contributed by atoms with Crippen LogP contribution < -0.4 is 20.3 Å². The van der Waals surface area contributed by atoms with Crippen LogP contribution in [-0.4, -0.2) is 34.9 Å². The number of nitrogens with one attached hydrogen (secondary N) is 1. The number of rotatable bonds is 6. The Hall–Kier alpha value is -3.72. The number of carbonyl (C=O) groups excluding carboxylic acids is 1. The van der Waals surface area contributed by atoms with Gasteiger partial charge < -0.3 is 14.8 Å². The van der Waals surface area contributed by atoms with Crippen LogP contribution in [0.2, 0.25) is 0 Å². The van der Waals surface area contributed by atoms with Crippen molar-refractivity contribution in [3.63, 3.8) is 0 Å². The van der Waals surface area contributed by atoms with Gasteiger partial charge in [0.1, 0.15) is 23.7 Å². The average molecular weight is 436 g/mol. The summed E-state index contributed by atoms with van der Waals surface area (Å²) in [5, 5.41) is 8.02. The Balaban J connectivity index is 1.71. The number of nitrogens with zero attached hydrogens (tertiary/aromatic N) is 3. The van der Waals surface area contributed by atoms with Crippen molar-refractivity contribution in [2.75, 3.05) is 19.5 Å². The molecule has 0 atom stereocenters. The molecular weight excluding hydrogens is 416 g/mol. The minimum Gasteiger partial charge on any atom is -0.497 e. The van der Waals surface area contributed by atoms with Gasteiger partial charge in [0, 0.05) is 11.3 Å². The molecule has 0 aliphatic carbocycles. The molecule has 2 aromatic carbocycles. The third-order valence-electron chi connectivity index (χ3n) is 4.62. The zero-order valence-electron chi connectivity index (χ0n) is 17.2. The number of benzene rings is 2. The van der Waals surface area contributed by atoms with Crippen molar-refractivity contribution in [3.05, 3.63) is 63.9 Å². The molecule has 0 aliphatic heterocycles. The van der Waals surface area contributed by atoms with Crippen LogP contribution in [0.5, 0.6) is 11.5 Å². The van der Waals surface area contributed by atoms with Crippen molar-refractivity contribution in [2.24, 2.45) is 0 Å². The van der Waals surface area contributed by atoms with Crippen LogP contribution in [-0.2, 0) is 11.3 Å². The quantitative estimate of drug-likeness (QED) is 0.497. The zero-order valence-corrected chi connectivity index (χ0v) is 18.0. The lowest BCUT2D eigenvalue weighted by Gasteiger charge is -2.10. The fourth-order valence-corrected chi connectivity index (χ4v) is 4.06. The molecule has 0 spiro atoms. The summed E-state index contributed by atoms with van der Waals surface area (Å²) in [7, 11) is 3.16. The van der Waals surface area contributed by atoms with E-state index in [-0.39, 0.29) is 12.5 Å². The molecule has 1 amide bonds. The monoisotopic (exact) mass is 436 g/mol. The van der Waals surface area contributed by atoms with Gasteiger partial charge in [-0.05, 0) is 43.3 Å². The van der Waals surface area contributed by atoms with Gasteiger partial charge >= 0.3 is 0 Å². The number of hydrogen-bond donors (Lipinski definition) is 1. The first-order valence-electron chi connectivity index (χ1n) is 9.45. The molecule has 0 fully saturated rings. The second-order valence-corrected chi connectivity index (χ2v) is 7.93. The summed E-state index contributed by atoms with van der Waals surface area (Å²) in [5.74, 6) is 0.981. The molecule has 2 aromatic heterocycles. The van der Waals surface area contributed by atoms with Crippen molar-refractivity contribution in [2.45, 2.75) is 13.5 Å². The maximum atomic E-state index is 12.9. The van der Waals surface area contributed by atoms with Crippen molar-refractivity contribution in [1.29, 1.82) is 0 Å². The summed E-state index contributed by atoms with van der Waals surface area (Å²) in [6, 6.07) is 14.3. The van der Waals surface area contributed by atoms with Crippen molar-refractivity contribution in [3.8, 4) is 22.8 Å². The lowest BCUT2D eigenvalue weighted by Crippen LogP contribution is -2.30. The van der Waals surface area contributed by atoms with Gasteiger partial charge in [-0.3, -0.25) is 9.59 Å². The van der Waals surface area contributed by atoms with E-state index >= 15 is 0 Å². The Morgan fingerprint density at radius 3 is 2.55 bits per heavy atom. The van der Waals surface area contributed by atoms with E-state index in [1.165, 1.54) is 11.3 Å². The summed E-state index contributed by atoms with van der Waals surface area (Å²) >= 11 is 1.39. The number of methoxy groups -OCH3 is 2. The first kappa shape index (κ1) is 20.5. The molecule has 0 unspecified atom stereocenters. The summed E-state index contributed by atoms with van der Waals surface area (Å²) in [5.41, 5.74) is 1.84. The van der Waals surface area contributed by atoms with Gasteiger partial charge in [-0.25, -0.2) is 9.67 Å². The Bertz CT molecular complexity index is 1310. The van der Waals surface area contributed by atoms with Crippen molar-refractivity contribution < 1.29 is 14.3 Å². The highest BCUT2D eigenvalue weighted by Gasteiger charge is 2.18. The molecule has 4 aromatic rings. The van der Waals surface area contributed by atoms with Crippen molar-refractivity contribution in [1.82, 2.24) is 14.8 Å². The normalized spacial score (nSPS) is 10.8. The number of fused-ring (bicyclic) bond motifs is 1. The number of hydrogen-bond acceptors (Lipinski definition) is 7. The first-order valence-corrected chi connectivity index (χ1v) is 10.3. The van der Waals surface area contributed by atoms with Gasteiger partial charge in [-0.1, -0.05) is 12.1 Å². The summed E-state index contributed by atoms with van der Waals surface area (Å²) < 4.78 is 12.3. The van der Waals surface area contributed by atoms with Gasteiger partial charge in [-0.15, -0.1) is 11.3 Å². The number of aromatic nitrogens is 3. The summed E-state index contributed by atoms with van der Waals surface area (Å²) in [6.07, 6.45) is 0. The maximum Gasteiger partial charge on any atom is 0.294 e. The Labute approximate surface area is 182 Å². The van der Waals surface area contributed by atoms with E-state index in [1.807, 2.05) is 31.2 Å². The third-order valence-corrected chi connectivity index (χ3v) is 5.59. The number of aryl methyl sites for hydroxylation is 1. The third kappa shape index (κ3) is 4.26. The highest BCUT2D eigenvalue weighted by Crippen LogP contribution is 2.31. The largest absolute Gasteiger partial charge is 0.497 e. The second-order valence-electron chi connectivity index (χ2n) is 6.73. The van der Waals surface area contributed by atoms with E-state index in [0.29, 0.717) is 33.1 Å². The Morgan fingerprint density at radius 1 is 1.10 bits per heavy atom. The van der Waals surface area contributed by atoms with Gasteiger partial charge in [0.15, 0.2) is 5.52 Å². The highest BCUT2D eigenvalue weighted by atomic mass is 32.1. The number of anilines is 1. The fourth-order valence-electron chi connectivity index (χ4n) is 3.14. The summed E-state index contributed by atoms with van der Waals surface area (Å²) in [6.45, 7) is 1.59. The van der Waals surface area contributed by atoms with E-state index in [4.69, 9.17) is 9.47 Å². The first-order chi connectivity index (χ1) is 15.0. The smallest absolute Gasteiger partial charge is 0.294 e. The molecule has 2 heterocycles. The molecule has 8 nitrogen and oxygen atoms in total. The highest BCUT2D eigenvalue weighted by molar-refractivity contribution is 7.19. The predicted octanol–water partition coefficient (Wildman–Crippen LogP) is 3.48. The van der Waals surface area contributed by atoms with Crippen LogP contribution in [0.25, 0.3) is 21.5 Å². The molecule has 4 rings (SSSR count). The molecule has 0 radical (unpaired) electrons. The molecule has 158 valence electrons. The number of carbonyl (C=O) groups is 1. The predicted molar refractivity (Wildman–Crippen MR) is 120 cm³/mol. The Morgan fingerprint density at radius 2 is 1.84 bits per heavy atom. The SMILES string of the molecule is COc1ccc(NC(=O)Cn2nc(-c3cccc(OC)c3)c3sc(C)nc3c2=O)cc1. The maximum absolute atomic E-state index is 12.9. The van der Waals surface area contributed by atoms with Crippen LogP contribution in [0.4, 0.5) is 5.69 Å². The van der Waals surface area contributed by atoms with Gasteiger partial charge in [0.05, 0.1) is 23.9 Å². The molecule has 0 aliphatic rings. The average Bonchev–Trinajstić information content (AvgIpc) is 3.18. The van der Waals surface area contributed by atoms with Crippen LogP contribution >= 0.6 is 11.3 Å². The molecular formula is C22H20N4O4S. The van der Waals surface area contributed by atoms with E-state index in [2.05, 4.69) is 15.4 Å². The van der Waals surface area contributed by atoms with E-state index in [9.17, 15) is 9.59 Å². The lowest BCUT2D eigenvalue weighted by molar-refractivity contribution is -0.117. The molecule has 9 heteroatoms. The van der Waals surface area contributed by atoms with Crippen molar-refractivity contribution >= 4 is 33.1 Å². The second kappa shape index (κ2) is 8.57. The van der Waals surface area contributed by atoms with Crippen LogP contribution in [0, 0.1) is 6.92 Å². The number of thiazole rings is 1. The van der Waals surface area contributed by atoms with E-state index in [1.54, 1.807) is 38.5 Å². The standard InChI is InChI=1S/C22H20N4O4S/c1-13-23-20-21(31-13)19(14-5-4-6-17(11-14)30-3)25-26(22(20)28)12-18(27)24-15-7-9-16(29-2)10-8-15/h4-11H,12H2,1-3H3,(H,24,27). The molecule has 0 bridgehead atoms. The molecule has 31 heavy (non-hydrogen) atoms. The van der Waals surface area contributed by atoms with Crippen LogP contribution in [0.1, 0.15) is 5.01 Å². The molecule has 0 saturated heterocycles. The lowest BCUT2D eigenvalue weighted by atomic mass is 10.1. The van der Waals surface area contributed by atoms with E-state index < -0.39 is 5.56 Å². The van der Waals surface area contributed by atoms with Crippen LogP contribution in [0.15, 0.2) is 53.3 Å². The van der Waals surface area contributed by atoms with Gasteiger partial charge in [-0.2, -0.15) is 5.10 Å². The zero-order chi connectivity index (χ0) is 22.0. The summed E-state index contributed by atoms with van der Waals surface area (Å²) in [4.78, 5) is 29.9. The Kier molecular flexibility index (Phi) is 5.68.